The SMILES string of the molecule is CC1CC(C)N2CCCN=C2N1. The number of hydrogen-bond donors (Lipinski definition) is 1. The number of guanidine groups is 1. The number of nitrogens with one attached hydrogen (secondary N) is 1. The Bertz CT molecular complexity index is 200. The second-order valence-corrected chi connectivity index (χ2v) is 3.88. The molecule has 0 amide bonds. The van der Waals surface area contributed by atoms with Gasteiger partial charge in [0.15, 0.2) is 5.96 Å². The van der Waals surface area contributed by atoms with Gasteiger partial charge in [-0.15, -0.1) is 0 Å². The predicted molar refractivity (Wildman–Crippen MR) is 50.3 cm³/mol. The Morgan fingerprint density at radius 3 is 3.17 bits per heavy atom. The van der Waals surface area contributed by atoms with Crippen LogP contribution in [0.5, 0.6) is 0 Å². The second kappa shape index (κ2) is 2.96. The first-order chi connectivity index (χ1) is 5.77. The van der Waals surface area contributed by atoms with Crippen molar-refractivity contribution in [3.63, 3.8) is 0 Å². The topological polar surface area (TPSA) is 27.6 Å². The minimum atomic E-state index is 0.591. The van der Waals surface area contributed by atoms with Crippen LogP contribution in [0.4, 0.5) is 0 Å². The summed E-state index contributed by atoms with van der Waals surface area (Å²) < 4.78 is 0. The molecule has 1 fully saturated rings. The number of aliphatic imine (C=N–C) groups is 1. The smallest absolute Gasteiger partial charge is 0.194 e. The van der Waals surface area contributed by atoms with Crippen molar-refractivity contribution >= 4 is 5.96 Å². The lowest BCUT2D eigenvalue weighted by Gasteiger charge is -2.41. The molecular formula is C9H17N3. The molecule has 0 aromatic rings. The normalized spacial score (nSPS) is 35.2. The van der Waals surface area contributed by atoms with Crippen molar-refractivity contribution in [3.8, 4) is 0 Å². The summed E-state index contributed by atoms with van der Waals surface area (Å²) in [6, 6.07) is 1.26. The molecule has 2 aliphatic rings. The van der Waals surface area contributed by atoms with E-state index in [0.29, 0.717) is 12.1 Å². The van der Waals surface area contributed by atoms with Crippen LogP contribution in [0.3, 0.4) is 0 Å². The molecule has 0 aliphatic carbocycles. The Morgan fingerprint density at radius 1 is 1.50 bits per heavy atom. The zero-order chi connectivity index (χ0) is 8.55. The minimum absolute atomic E-state index is 0.591. The summed E-state index contributed by atoms with van der Waals surface area (Å²) in [6.07, 6.45) is 2.45. The maximum atomic E-state index is 4.48. The van der Waals surface area contributed by atoms with Gasteiger partial charge in [0.2, 0.25) is 0 Å². The third kappa shape index (κ3) is 1.28. The zero-order valence-electron chi connectivity index (χ0n) is 7.88. The molecule has 2 aliphatic heterocycles. The Balaban J connectivity index is 2.14. The average Bonchev–Trinajstić information content (AvgIpc) is 2.04. The lowest BCUT2D eigenvalue weighted by atomic mass is 10.1. The monoisotopic (exact) mass is 167 g/mol. The van der Waals surface area contributed by atoms with Crippen LogP contribution < -0.4 is 5.32 Å². The van der Waals surface area contributed by atoms with E-state index in [1.165, 1.54) is 19.4 Å². The van der Waals surface area contributed by atoms with Crippen molar-refractivity contribution in [2.45, 2.75) is 38.8 Å². The average molecular weight is 167 g/mol. The van der Waals surface area contributed by atoms with E-state index in [-0.39, 0.29) is 0 Å². The van der Waals surface area contributed by atoms with Crippen LogP contribution in [0.2, 0.25) is 0 Å². The molecule has 0 radical (unpaired) electrons. The molecule has 0 spiro atoms. The van der Waals surface area contributed by atoms with E-state index < -0.39 is 0 Å². The molecule has 2 unspecified atom stereocenters. The molecule has 1 N–H and O–H groups in total. The van der Waals surface area contributed by atoms with Crippen LogP contribution in [-0.2, 0) is 0 Å². The standard InChI is InChI=1S/C9H17N3/c1-7-6-8(2)12-5-3-4-10-9(12)11-7/h7-8H,3-6H2,1-2H3,(H,10,11). The lowest BCUT2D eigenvalue weighted by Crippen LogP contribution is -2.57. The van der Waals surface area contributed by atoms with Gasteiger partial charge in [-0.3, -0.25) is 4.99 Å². The predicted octanol–water partition coefficient (Wildman–Crippen LogP) is 0.818. The molecule has 2 rings (SSSR count). The summed E-state index contributed by atoms with van der Waals surface area (Å²) in [4.78, 5) is 6.88. The number of hydrogen-bond acceptors (Lipinski definition) is 3. The molecule has 3 nitrogen and oxygen atoms in total. The first-order valence-electron chi connectivity index (χ1n) is 4.85. The summed E-state index contributed by atoms with van der Waals surface area (Å²) in [5.74, 6) is 1.13. The van der Waals surface area contributed by atoms with Crippen LogP contribution >= 0.6 is 0 Å². The Labute approximate surface area is 73.9 Å². The summed E-state index contributed by atoms with van der Waals surface area (Å²) in [6.45, 7) is 6.70. The number of nitrogens with zero attached hydrogens (tertiary/aromatic N) is 2. The van der Waals surface area contributed by atoms with Crippen LogP contribution in [-0.4, -0.2) is 36.0 Å². The van der Waals surface area contributed by atoms with Crippen molar-refractivity contribution in [2.75, 3.05) is 13.1 Å². The molecule has 12 heavy (non-hydrogen) atoms. The highest BCUT2D eigenvalue weighted by molar-refractivity contribution is 5.81. The quantitative estimate of drug-likeness (QED) is 0.578. The van der Waals surface area contributed by atoms with Gasteiger partial charge in [0, 0.05) is 25.2 Å². The van der Waals surface area contributed by atoms with Gasteiger partial charge < -0.3 is 10.2 Å². The van der Waals surface area contributed by atoms with Crippen LogP contribution in [0.25, 0.3) is 0 Å². The summed E-state index contributed by atoms with van der Waals surface area (Å²) in [5.41, 5.74) is 0. The fraction of sp³-hybridized carbons (Fsp3) is 0.889. The van der Waals surface area contributed by atoms with Gasteiger partial charge >= 0.3 is 0 Å². The van der Waals surface area contributed by atoms with Crippen molar-refractivity contribution in [2.24, 2.45) is 4.99 Å². The molecule has 0 aromatic heterocycles. The van der Waals surface area contributed by atoms with E-state index in [1.54, 1.807) is 0 Å². The van der Waals surface area contributed by atoms with Gasteiger partial charge in [0.05, 0.1) is 0 Å². The van der Waals surface area contributed by atoms with E-state index >= 15 is 0 Å². The van der Waals surface area contributed by atoms with Crippen molar-refractivity contribution in [1.29, 1.82) is 0 Å². The van der Waals surface area contributed by atoms with Crippen LogP contribution in [0.15, 0.2) is 4.99 Å². The summed E-state index contributed by atoms with van der Waals surface area (Å²) in [5, 5.41) is 3.42. The third-order valence-electron chi connectivity index (χ3n) is 2.69. The summed E-state index contributed by atoms with van der Waals surface area (Å²) in [7, 11) is 0. The first kappa shape index (κ1) is 7.90. The largest absolute Gasteiger partial charge is 0.354 e. The molecule has 0 saturated carbocycles. The lowest BCUT2D eigenvalue weighted by molar-refractivity contribution is 0.241. The highest BCUT2D eigenvalue weighted by atomic mass is 15.3. The maximum absolute atomic E-state index is 4.48. The Morgan fingerprint density at radius 2 is 2.33 bits per heavy atom. The zero-order valence-corrected chi connectivity index (χ0v) is 7.88. The molecule has 2 atom stereocenters. The van der Waals surface area contributed by atoms with Crippen molar-refractivity contribution < 1.29 is 0 Å². The molecule has 0 aromatic carbocycles. The van der Waals surface area contributed by atoms with Gasteiger partial charge in [-0.1, -0.05) is 0 Å². The van der Waals surface area contributed by atoms with Gasteiger partial charge in [0.1, 0.15) is 0 Å². The van der Waals surface area contributed by atoms with Crippen LogP contribution in [0, 0.1) is 0 Å². The van der Waals surface area contributed by atoms with Gasteiger partial charge in [-0.25, -0.2) is 0 Å². The highest BCUT2D eigenvalue weighted by Gasteiger charge is 2.27. The molecule has 1 saturated heterocycles. The van der Waals surface area contributed by atoms with Crippen molar-refractivity contribution in [3.05, 3.63) is 0 Å². The van der Waals surface area contributed by atoms with E-state index in [9.17, 15) is 0 Å². The van der Waals surface area contributed by atoms with E-state index in [2.05, 4.69) is 29.1 Å². The fourth-order valence-electron chi connectivity index (χ4n) is 2.10. The fourth-order valence-corrected chi connectivity index (χ4v) is 2.10. The van der Waals surface area contributed by atoms with Gasteiger partial charge in [-0.05, 0) is 26.7 Å². The second-order valence-electron chi connectivity index (χ2n) is 3.88. The summed E-state index contributed by atoms with van der Waals surface area (Å²) >= 11 is 0. The maximum Gasteiger partial charge on any atom is 0.194 e. The first-order valence-corrected chi connectivity index (χ1v) is 4.85. The van der Waals surface area contributed by atoms with E-state index in [1.807, 2.05) is 0 Å². The Hall–Kier alpha value is -0.730. The minimum Gasteiger partial charge on any atom is -0.354 e. The van der Waals surface area contributed by atoms with E-state index in [4.69, 9.17) is 0 Å². The van der Waals surface area contributed by atoms with Crippen molar-refractivity contribution in [1.82, 2.24) is 10.2 Å². The van der Waals surface area contributed by atoms with Gasteiger partial charge in [-0.2, -0.15) is 0 Å². The molecule has 68 valence electrons. The molecular weight excluding hydrogens is 150 g/mol. The molecule has 2 heterocycles. The van der Waals surface area contributed by atoms with E-state index in [0.717, 1.165) is 12.5 Å². The molecule has 3 heteroatoms. The number of rotatable bonds is 0. The third-order valence-corrected chi connectivity index (χ3v) is 2.69. The number of fused-ring (bicyclic) bond motifs is 1. The van der Waals surface area contributed by atoms with Crippen LogP contribution in [0.1, 0.15) is 26.7 Å². The highest BCUT2D eigenvalue weighted by Crippen LogP contribution is 2.16. The Kier molecular flexibility index (Phi) is 1.95. The molecule has 0 bridgehead atoms. The van der Waals surface area contributed by atoms with Gasteiger partial charge in [0.25, 0.3) is 0 Å².